The summed E-state index contributed by atoms with van der Waals surface area (Å²) in [6.45, 7) is 0. The molecule has 0 aliphatic rings. The van der Waals surface area contributed by atoms with Crippen LogP contribution in [0.25, 0.3) is 0 Å². The molecule has 2 rings (SSSR count). The first-order chi connectivity index (χ1) is 8.72. The zero-order valence-electron chi connectivity index (χ0n) is 10.0. The number of methoxy groups -OCH3 is 2. The second kappa shape index (κ2) is 5.27. The molecular weight excluding hydrogens is 236 g/mol. The van der Waals surface area contributed by atoms with E-state index in [0.29, 0.717) is 5.75 Å². The molecule has 0 amide bonds. The van der Waals surface area contributed by atoms with Crippen LogP contribution in [0.15, 0.2) is 40.8 Å². The van der Waals surface area contributed by atoms with Crippen molar-refractivity contribution in [2.45, 2.75) is 0 Å². The summed E-state index contributed by atoms with van der Waals surface area (Å²) in [5, 5.41) is 0. The van der Waals surface area contributed by atoms with Crippen molar-refractivity contribution in [2.75, 3.05) is 14.2 Å². The molecule has 0 aliphatic carbocycles. The Hall–Kier alpha value is -2.43. The zero-order chi connectivity index (χ0) is 13.0. The number of ether oxygens (including phenoxy) is 3. The van der Waals surface area contributed by atoms with Crippen molar-refractivity contribution in [1.82, 2.24) is 0 Å². The van der Waals surface area contributed by atoms with Crippen molar-refractivity contribution < 1.29 is 23.4 Å². The van der Waals surface area contributed by atoms with Gasteiger partial charge in [-0.1, -0.05) is 0 Å². The third-order valence-corrected chi connectivity index (χ3v) is 2.25. The Bertz CT molecular complexity index is 527. The number of hydrogen-bond donors (Lipinski definition) is 0. The minimum atomic E-state index is -0.542. The van der Waals surface area contributed by atoms with Gasteiger partial charge >= 0.3 is 5.97 Å². The van der Waals surface area contributed by atoms with E-state index < -0.39 is 5.97 Å². The van der Waals surface area contributed by atoms with E-state index in [-0.39, 0.29) is 11.7 Å². The van der Waals surface area contributed by atoms with Gasteiger partial charge in [0.25, 0.3) is 5.95 Å². The summed E-state index contributed by atoms with van der Waals surface area (Å²) >= 11 is 0. The molecule has 1 heterocycles. The first-order valence-electron chi connectivity index (χ1n) is 5.23. The third-order valence-electron chi connectivity index (χ3n) is 2.25. The molecule has 1 aromatic carbocycles. The Balaban J connectivity index is 2.08. The lowest BCUT2D eigenvalue weighted by Crippen LogP contribution is -1.98. The van der Waals surface area contributed by atoms with Crippen LogP contribution in [-0.2, 0) is 4.74 Å². The molecule has 2 aromatic rings. The van der Waals surface area contributed by atoms with Crippen molar-refractivity contribution in [2.24, 2.45) is 0 Å². The monoisotopic (exact) mass is 248 g/mol. The second-order valence-electron chi connectivity index (χ2n) is 3.39. The fraction of sp³-hybridized carbons (Fsp3) is 0.154. The second-order valence-corrected chi connectivity index (χ2v) is 3.39. The fourth-order valence-corrected chi connectivity index (χ4v) is 1.35. The van der Waals surface area contributed by atoms with Crippen molar-refractivity contribution in [3.05, 3.63) is 42.2 Å². The minimum Gasteiger partial charge on any atom is -0.497 e. The average molecular weight is 248 g/mol. The standard InChI is InChI=1S/C13H12O5/c1-15-9-3-5-10(6-4-9)17-12-8-7-11(18-12)13(14)16-2/h3-8H,1-2H3. The van der Waals surface area contributed by atoms with Crippen LogP contribution in [0.2, 0.25) is 0 Å². The summed E-state index contributed by atoms with van der Waals surface area (Å²) in [6, 6.07) is 10.0. The van der Waals surface area contributed by atoms with E-state index >= 15 is 0 Å². The highest BCUT2D eigenvalue weighted by molar-refractivity contribution is 5.86. The Morgan fingerprint density at radius 1 is 1.00 bits per heavy atom. The molecule has 0 N–H and O–H groups in total. The van der Waals surface area contributed by atoms with E-state index in [1.807, 2.05) is 0 Å². The SMILES string of the molecule is COC(=O)c1ccc(Oc2ccc(OC)cc2)o1. The molecule has 94 valence electrons. The maximum Gasteiger partial charge on any atom is 0.374 e. The zero-order valence-corrected chi connectivity index (χ0v) is 10.0. The largest absolute Gasteiger partial charge is 0.497 e. The molecule has 0 unspecified atom stereocenters. The summed E-state index contributed by atoms with van der Waals surface area (Å²) in [7, 11) is 2.87. The Morgan fingerprint density at radius 3 is 2.28 bits per heavy atom. The average Bonchev–Trinajstić information content (AvgIpc) is 2.87. The number of carbonyl (C=O) groups is 1. The minimum absolute atomic E-state index is 0.0982. The third kappa shape index (κ3) is 2.63. The molecule has 0 fully saturated rings. The van der Waals surface area contributed by atoms with Crippen LogP contribution in [0.1, 0.15) is 10.6 Å². The Morgan fingerprint density at radius 2 is 1.67 bits per heavy atom. The van der Waals surface area contributed by atoms with Crippen LogP contribution in [0.3, 0.4) is 0 Å². The molecule has 0 saturated heterocycles. The summed E-state index contributed by atoms with van der Waals surface area (Å²) in [6.07, 6.45) is 0. The smallest absolute Gasteiger partial charge is 0.374 e. The number of rotatable bonds is 4. The van der Waals surface area contributed by atoms with Crippen molar-refractivity contribution in [3.63, 3.8) is 0 Å². The maximum atomic E-state index is 11.2. The summed E-state index contributed by atoms with van der Waals surface area (Å²) in [4.78, 5) is 11.2. The normalized spacial score (nSPS) is 9.89. The van der Waals surface area contributed by atoms with Gasteiger partial charge in [0.15, 0.2) is 0 Å². The molecule has 18 heavy (non-hydrogen) atoms. The number of hydrogen-bond acceptors (Lipinski definition) is 5. The van der Waals surface area contributed by atoms with E-state index in [4.69, 9.17) is 13.9 Å². The van der Waals surface area contributed by atoms with Crippen LogP contribution in [0.5, 0.6) is 17.4 Å². The first kappa shape index (κ1) is 12.0. The van der Waals surface area contributed by atoms with E-state index in [1.54, 1.807) is 37.4 Å². The number of furan rings is 1. The topological polar surface area (TPSA) is 57.9 Å². The highest BCUT2D eigenvalue weighted by Crippen LogP contribution is 2.25. The molecule has 0 bridgehead atoms. The van der Waals surface area contributed by atoms with E-state index in [0.717, 1.165) is 5.75 Å². The molecule has 0 saturated carbocycles. The lowest BCUT2D eigenvalue weighted by Gasteiger charge is -2.03. The summed E-state index contributed by atoms with van der Waals surface area (Å²) in [5.41, 5.74) is 0. The molecule has 5 heteroatoms. The molecule has 0 atom stereocenters. The van der Waals surface area contributed by atoms with Crippen LogP contribution < -0.4 is 9.47 Å². The Kier molecular flexibility index (Phi) is 3.52. The molecule has 5 nitrogen and oxygen atoms in total. The fourth-order valence-electron chi connectivity index (χ4n) is 1.35. The lowest BCUT2D eigenvalue weighted by atomic mass is 10.3. The van der Waals surface area contributed by atoms with Gasteiger partial charge in [-0.05, 0) is 30.3 Å². The van der Waals surface area contributed by atoms with Gasteiger partial charge in [-0.3, -0.25) is 0 Å². The highest BCUT2D eigenvalue weighted by Gasteiger charge is 2.12. The van der Waals surface area contributed by atoms with E-state index in [2.05, 4.69) is 4.74 Å². The highest BCUT2D eigenvalue weighted by atomic mass is 16.6. The van der Waals surface area contributed by atoms with Crippen molar-refractivity contribution >= 4 is 5.97 Å². The van der Waals surface area contributed by atoms with Gasteiger partial charge in [-0.15, -0.1) is 0 Å². The summed E-state index contributed by atoms with van der Waals surface area (Å²) < 4.78 is 20.1. The van der Waals surface area contributed by atoms with Crippen LogP contribution in [0, 0.1) is 0 Å². The van der Waals surface area contributed by atoms with Gasteiger partial charge in [0.2, 0.25) is 5.76 Å². The number of esters is 1. The summed E-state index contributed by atoms with van der Waals surface area (Å²) in [5.74, 6) is 1.10. The van der Waals surface area contributed by atoms with Gasteiger partial charge < -0.3 is 18.6 Å². The number of benzene rings is 1. The lowest BCUT2D eigenvalue weighted by molar-refractivity contribution is 0.0560. The van der Waals surface area contributed by atoms with Gasteiger partial charge in [-0.25, -0.2) is 4.79 Å². The first-order valence-corrected chi connectivity index (χ1v) is 5.23. The quantitative estimate of drug-likeness (QED) is 0.778. The molecule has 0 aliphatic heterocycles. The molecular formula is C13H12O5. The van der Waals surface area contributed by atoms with E-state index in [9.17, 15) is 4.79 Å². The predicted molar refractivity (Wildman–Crippen MR) is 63.1 cm³/mol. The van der Waals surface area contributed by atoms with E-state index in [1.165, 1.54) is 13.2 Å². The van der Waals surface area contributed by atoms with Crippen LogP contribution >= 0.6 is 0 Å². The van der Waals surface area contributed by atoms with Crippen LogP contribution in [0.4, 0.5) is 0 Å². The van der Waals surface area contributed by atoms with Crippen LogP contribution in [-0.4, -0.2) is 20.2 Å². The van der Waals surface area contributed by atoms with Crippen molar-refractivity contribution in [3.8, 4) is 17.4 Å². The van der Waals surface area contributed by atoms with Crippen molar-refractivity contribution in [1.29, 1.82) is 0 Å². The van der Waals surface area contributed by atoms with Gasteiger partial charge in [0.1, 0.15) is 11.5 Å². The van der Waals surface area contributed by atoms with Gasteiger partial charge in [0.05, 0.1) is 14.2 Å². The Labute approximate surface area is 104 Å². The molecule has 0 radical (unpaired) electrons. The molecule has 1 aromatic heterocycles. The maximum absolute atomic E-state index is 11.2. The molecule has 0 spiro atoms. The van der Waals surface area contributed by atoms with Gasteiger partial charge in [-0.2, -0.15) is 0 Å². The number of carbonyl (C=O) groups excluding carboxylic acids is 1. The van der Waals surface area contributed by atoms with Gasteiger partial charge in [0, 0.05) is 6.07 Å². The predicted octanol–water partition coefficient (Wildman–Crippen LogP) is 2.87.